The second-order valence-electron chi connectivity index (χ2n) is 13.6. The summed E-state index contributed by atoms with van der Waals surface area (Å²) >= 11 is 0. The largest absolute Gasteiger partial charge is 0.490 e. The number of ether oxygens (including phenoxy) is 4. The Morgan fingerprint density at radius 1 is 0.917 bits per heavy atom. The smallest absolute Gasteiger partial charge is 0.407 e. The minimum atomic E-state index is -1.38. The predicted molar refractivity (Wildman–Crippen MR) is 172 cm³/mol. The fourth-order valence-electron chi connectivity index (χ4n) is 5.19. The molecule has 1 aromatic heterocycles. The monoisotopic (exact) mass is 663 g/mol. The maximum Gasteiger partial charge on any atom is 0.407 e. The Labute approximate surface area is 279 Å². The molecule has 2 aliphatic heterocycles. The van der Waals surface area contributed by atoms with Gasteiger partial charge in [-0.3, -0.25) is 9.59 Å². The zero-order valence-corrected chi connectivity index (χ0v) is 28.2. The highest BCUT2D eigenvalue weighted by Crippen LogP contribution is 2.26. The van der Waals surface area contributed by atoms with Crippen LogP contribution in [0.3, 0.4) is 0 Å². The highest BCUT2D eigenvalue weighted by Gasteiger charge is 2.41. The third-order valence-electron chi connectivity index (χ3n) is 7.28. The van der Waals surface area contributed by atoms with Crippen molar-refractivity contribution in [3.63, 3.8) is 0 Å². The molecule has 5 rings (SSSR count). The SMILES string of the molecule is CC(C)(C)OC(=O)NCCCOC1Cn2cc(-c3ccc(OCC(ON4C(=O)c5ccccc5C4=O)C(=O)OC(C)(C)C)cc3)c[n+]2C1. The van der Waals surface area contributed by atoms with Crippen molar-refractivity contribution in [1.82, 2.24) is 15.1 Å². The highest BCUT2D eigenvalue weighted by atomic mass is 16.7. The lowest BCUT2D eigenvalue weighted by molar-refractivity contribution is -0.760. The fraction of sp³-hybridized carbons (Fsp3) is 0.457. The van der Waals surface area contributed by atoms with Crippen molar-refractivity contribution in [2.75, 3.05) is 19.8 Å². The molecule has 1 atom stereocenters. The maximum atomic E-state index is 13.0. The Kier molecular flexibility index (Phi) is 10.2. The summed E-state index contributed by atoms with van der Waals surface area (Å²) in [5.74, 6) is -1.62. The van der Waals surface area contributed by atoms with Gasteiger partial charge >= 0.3 is 12.1 Å². The molecule has 0 saturated heterocycles. The Morgan fingerprint density at radius 2 is 1.56 bits per heavy atom. The van der Waals surface area contributed by atoms with Crippen LogP contribution in [0.2, 0.25) is 0 Å². The molecule has 1 N–H and O–H groups in total. The molecule has 13 nitrogen and oxygen atoms in total. The van der Waals surface area contributed by atoms with Crippen LogP contribution in [0.25, 0.3) is 11.1 Å². The number of nitrogens with one attached hydrogen (secondary N) is 1. The third-order valence-corrected chi connectivity index (χ3v) is 7.28. The quantitative estimate of drug-likeness (QED) is 0.132. The molecule has 3 heterocycles. The average molecular weight is 664 g/mol. The van der Waals surface area contributed by atoms with Crippen LogP contribution < -0.4 is 14.7 Å². The first-order chi connectivity index (χ1) is 22.7. The fourth-order valence-corrected chi connectivity index (χ4v) is 5.19. The molecule has 3 amide bonds. The number of carbonyl (C=O) groups is 4. The summed E-state index contributed by atoms with van der Waals surface area (Å²) in [6.07, 6.45) is 3.02. The summed E-state index contributed by atoms with van der Waals surface area (Å²) in [5, 5.41) is 3.33. The number of carbonyl (C=O) groups excluding carboxylic acids is 4. The van der Waals surface area contributed by atoms with Gasteiger partial charge in [-0.25, -0.2) is 14.4 Å². The number of alkyl carbamates (subject to hydrolysis) is 1. The normalized spacial score (nSPS) is 16.4. The Bertz CT molecular complexity index is 1590. The zero-order chi connectivity index (χ0) is 34.6. The molecule has 0 fully saturated rings. The van der Waals surface area contributed by atoms with Gasteiger partial charge in [-0.05, 0) is 77.8 Å². The van der Waals surface area contributed by atoms with E-state index in [-0.39, 0.29) is 23.8 Å². The molecule has 2 aliphatic rings. The number of benzene rings is 2. The first-order valence-corrected chi connectivity index (χ1v) is 16.0. The number of hydrogen-bond acceptors (Lipinski definition) is 9. The first-order valence-electron chi connectivity index (χ1n) is 16.0. The van der Waals surface area contributed by atoms with Gasteiger partial charge in [0.1, 0.15) is 36.2 Å². The summed E-state index contributed by atoms with van der Waals surface area (Å²) in [6.45, 7) is 12.7. The van der Waals surface area contributed by atoms with Crippen molar-refractivity contribution >= 4 is 23.9 Å². The minimum absolute atomic E-state index is 0.0387. The number of fused-ring (bicyclic) bond motifs is 2. The summed E-state index contributed by atoms with van der Waals surface area (Å²) in [7, 11) is 0. The van der Waals surface area contributed by atoms with Crippen molar-refractivity contribution < 1.29 is 47.6 Å². The van der Waals surface area contributed by atoms with Crippen molar-refractivity contribution in [3.05, 3.63) is 72.1 Å². The molecule has 0 aliphatic carbocycles. The Hall–Kier alpha value is -4.75. The van der Waals surface area contributed by atoms with E-state index in [2.05, 4.69) is 27.1 Å². The van der Waals surface area contributed by atoms with Gasteiger partial charge in [0.2, 0.25) is 12.3 Å². The van der Waals surface area contributed by atoms with Gasteiger partial charge in [0.25, 0.3) is 11.8 Å². The van der Waals surface area contributed by atoms with E-state index in [1.54, 1.807) is 45.0 Å². The van der Waals surface area contributed by atoms with Crippen LogP contribution >= 0.6 is 0 Å². The summed E-state index contributed by atoms with van der Waals surface area (Å²) in [6, 6.07) is 13.7. The Balaban J connectivity index is 1.12. The lowest BCUT2D eigenvalue weighted by Crippen LogP contribution is -2.43. The minimum Gasteiger partial charge on any atom is -0.490 e. The number of esters is 1. The van der Waals surface area contributed by atoms with Crippen LogP contribution in [0.4, 0.5) is 4.79 Å². The molecule has 0 spiro atoms. The van der Waals surface area contributed by atoms with E-state index in [0.29, 0.717) is 43.5 Å². The third kappa shape index (κ3) is 8.78. The summed E-state index contributed by atoms with van der Waals surface area (Å²) < 4.78 is 26.8. The van der Waals surface area contributed by atoms with E-state index in [1.807, 2.05) is 32.9 Å². The molecule has 0 radical (unpaired) electrons. The molecule has 1 unspecified atom stereocenters. The van der Waals surface area contributed by atoms with Gasteiger partial charge in [0, 0.05) is 13.2 Å². The molecular weight excluding hydrogens is 620 g/mol. The number of rotatable bonds is 12. The number of hydrogen-bond donors (Lipinski definition) is 1. The van der Waals surface area contributed by atoms with E-state index < -0.39 is 41.2 Å². The first kappa shape index (κ1) is 34.6. The van der Waals surface area contributed by atoms with Gasteiger partial charge < -0.3 is 24.3 Å². The number of amides is 3. The van der Waals surface area contributed by atoms with Gasteiger partial charge in [-0.1, -0.05) is 24.3 Å². The van der Waals surface area contributed by atoms with Crippen LogP contribution in [-0.4, -0.2) is 76.8 Å². The number of nitrogens with zero attached hydrogens (tertiary/aromatic N) is 3. The van der Waals surface area contributed by atoms with E-state index in [0.717, 1.165) is 11.1 Å². The van der Waals surface area contributed by atoms with Crippen molar-refractivity contribution in [1.29, 1.82) is 0 Å². The van der Waals surface area contributed by atoms with Crippen LogP contribution in [0.5, 0.6) is 5.75 Å². The molecule has 0 bridgehead atoms. The molecule has 48 heavy (non-hydrogen) atoms. The average Bonchev–Trinajstić information content (AvgIpc) is 3.64. The molecule has 3 aromatic rings. The van der Waals surface area contributed by atoms with Crippen molar-refractivity contribution in [3.8, 4) is 16.9 Å². The van der Waals surface area contributed by atoms with Gasteiger partial charge in [0.15, 0.2) is 6.54 Å². The summed E-state index contributed by atoms with van der Waals surface area (Å²) in [4.78, 5) is 56.1. The summed E-state index contributed by atoms with van der Waals surface area (Å²) in [5.41, 5.74) is 1.02. The maximum absolute atomic E-state index is 13.0. The van der Waals surface area contributed by atoms with E-state index >= 15 is 0 Å². The topological polar surface area (TPSA) is 139 Å². The molecule has 13 heteroatoms. The van der Waals surface area contributed by atoms with E-state index in [9.17, 15) is 19.2 Å². The lowest BCUT2D eigenvalue weighted by atomic mass is 10.1. The number of hydroxylamine groups is 2. The molecule has 0 saturated carbocycles. The van der Waals surface area contributed by atoms with Crippen LogP contribution in [0.15, 0.2) is 60.9 Å². The standard InChI is InChI=1S/C35H42N4O9/c1-34(2,3)46-32(42)29(48-39-30(40)27-10-7-8-11-28(27)31(39)41)22-45-25-14-12-23(13-15-25)24-18-37-20-26(21-38(37)19-24)44-17-9-16-36-33(43)47-35(4,5)6/h7-8,10-15,18-19,26,29H,9,16-17,20-22H2,1-6H3/p+1. The predicted octanol–water partition coefficient (Wildman–Crippen LogP) is 4.07. The zero-order valence-electron chi connectivity index (χ0n) is 28.2. The second-order valence-corrected chi connectivity index (χ2v) is 13.6. The molecule has 256 valence electrons. The number of imide groups is 1. The second kappa shape index (κ2) is 14.2. The van der Waals surface area contributed by atoms with Crippen molar-refractivity contribution in [2.24, 2.45) is 0 Å². The van der Waals surface area contributed by atoms with Crippen molar-refractivity contribution in [2.45, 2.75) is 84.5 Å². The van der Waals surface area contributed by atoms with Crippen LogP contribution in [0, 0.1) is 0 Å². The van der Waals surface area contributed by atoms with Crippen LogP contribution in [-0.2, 0) is 36.9 Å². The van der Waals surface area contributed by atoms with Gasteiger partial charge in [-0.15, -0.1) is 9.75 Å². The van der Waals surface area contributed by atoms with E-state index in [4.69, 9.17) is 23.8 Å². The van der Waals surface area contributed by atoms with Gasteiger partial charge in [0.05, 0.1) is 22.9 Å². The van der Waals surface area contributed by atoms with Crippen LogP contribution in [0.1, 0.15) is 68.7 Å². The van der Waals surface area contributed by atoms with E-state index in [1.165, 1.54) is 12.1 Å². The molecule has 2 aromatic carbocycles. The lowest BCUT2D eigenvalue weighted by Gasteiger charge is -2.26. The Morgan fingerprint density at radius 3 is 2.17 bits per heavy atom. The van der Waals surface area contributed by atoms with Gasteiger partial charge in [-0.2, -0.15) is 4.68 Å². The molecular formula is C35H43N4O9+. The number of aromatic nitrogens is 2. The highest BCUT2D eigenvalue weighted by molar-refractivity contribution is 6.20.